The second-order valence-corrected chi connectivity index (χ2v) is 6.02. The first-order chi connectivity index (χ1) is 10.6. The van der Waals surface area contributed by atoms with E-state index in [9.17, 15) is 13.6 Å². The van der Waals surface area contributed by atoms with Gasteiger partial charge in [-0.25, -0.2) is 8.78 Å². The first-order valence-electron chi connectivity index (χ1n) is 7.73. The van der Waals surface area contributed by atoms with E-state index in [0.717, 1.165) is 38.2 Å². The van der Waals surface area contributed by atoms with Gasteiger partial charge >= 0.3 is 0 Å². The monoisotopic (exact) mass is 330 g/mol. The van der Waals surface area contributed by atoms with E-state index < -0.39 is 17.5 Å². The highest BCUT2D eigenvalue weighted by atomic mass is 35.5. The summed E-state index contributed by atoms with van der Waals surface area (Å²) >= 11 is 5.77. The molecule has 6 heteroatoms. The van der Waals surface area contributed by atoms with Gasteiger partial charge in [0.15, 0.2) is 11.6 Å². The molecule has 1 fully saturated rings. The van der Waals surface area contributed by atoms with Gasteiger partial charge in [-0.1, -0.05) is 24.4 Å². The molecule has 122 valence electrons. The molecule has 2 rings (SSSR count). The Morgan fingerprint density at radius 3 is 2.45 bits per heavy atom. The fourth-order valence-corrected chi connectivity index (χ4v) is 2.89. The van der Waals surface area contributed by atoms with Crippen LogP contribution in [-0.2, 0) is 0 Å². The van der Waals surface area contributed by atoms with Gasteiger partial charge in [0.25, 0.3) is 5.91 Å². The van der Waals surface area contributed by atoms with Crippen molar-refractivity contribution in [3.63, 3.8) is 0 Å². The zero-order valence-electron chi connectivity index (χ0n) is 12.5. The van der Waals surface area contributed by atoms with Crippen LogP contribution in [0, 0.1) is 11.6 Å². The van der Waals surface area contributed by atoms with E-state index in [1.165, 1.54) is 25.7 Å². The van der Waals surface area contributed by atoms with E-state index >= 15 is 0 Å². The van der Waals surface area contributed by atoms with Crippen LogP contribution in [0.4, 0.5) is 8.78 Å². The van der Waals surface area contributed by atoms with Crippen molar-refractivity contribution in [3.8, 4) is 0 Å². The number of hydrogen-bond acceptors (Lipinski definition) is 2. The van der Waals surface area contributed by atoms with E-state index in [1.807, 2.05) is 0 Å². The third-order valence-electron chi connectivity index (χ3n) is 3.89. The Balaban J connectivity index is 1.77. The molecule has 0 atom stereocenters. The van der Waals surface area contributed by atoms with Gasteiger partial charge in [0, 0.05) is 6.54 Å². The van der Waals surface area contributed by atoms with Crippen LogP contribution in [0.1, 0.15) is 42.5 Å². The van der Waals surface area contributed by atoms with Crippen LogP contribution in [0.15, 0.2) is 12.1 Å². The van der Waals surface area contributed by atoms with Gasteiger partial charge in [0.2, 0.25) is 0 Å². The van der Waals surface area contributed by atoms with Crippen LogP contribution < -0.4 is 5.32 Å². The van der Waals surface area contributed by atoms with Crippen LogP contribution in [0.25, 0.3) is 0 Å². The number of amides is 1. The first kappa shape index (κ1) is 17.2. The highest BCUT2D eigenvalue weighted by molar-refractivity contribution is 6.33. The van der Waals surface area contributed by atoms with Gasteiger partial charge in [-0.2, -0.15) is 0 Å². The predicted octanol–water partition coefficient (Wildman–Crippen LogP) is 3.61. The molecule has 0 aromatic heterocycles. The van der Waals surface area contributed by atoms with Crippen molar-refractivity contribution >= 4 is 17.5 Å². The standard InChI is InChI=1S/C16H21ClF2N2O/c17-13-11-15(19)14(18)10-12(13)16(22)20-6-5-9-21-7-3-1-2-4-8-21/h10-11H,1-9H2,(H,20,22). The normalized spacial score (nSPS) is 16.3. The maximum absolute atomic E-state index is 13.2. The number of rotatable bonds is 5. The summed E-state index contributed by atoms with van der Waals surface area (Å²) in [6.45, 7) is 3.66. The quantitative estimate of drug-likeness (QED) is 0.660. The average Bonchev–Trinajstić information content (AvgIpc) is 2.76. The van der Waals surface area contributed by atoms with Crippen LogP contribution in [-0.4, -0.2) is 37.0 Å². The lowest BCUT2D eigenvalue weighted by molar-refractivity contribution is 0.0951. The van der Waals surface area contributed by atoms with Gasteiger partial charge in [0.05, 0.1) is 10.6 Å². The molecule has 22 heavy (non-hydrogen) atoms. The fraction of sp³-hybridized carbons (Fsp3) is 0.562. The minimum absolute atomic E-state index is 0.0321. The lowest BCUT2D eigenvalue weighted by Crippen LogP contribution is -2.30. The highest BCUT2D eigenvalue weighted by Gasteiger charge is 2.15. The largest absolute Gasteiger partial charge is 0.352 e. The lowest BCUT2D eigenvalue weighted by Gasteiger charge is -2.19. The van der Waals surface area contributed by atoms with Crippen LogP contribution >= 0.6 is 11.6 Å². The number of nitrogens with one attached hydrogen (secondary N) is 1. The fourth-order valence-electron chi connectivity index (χ4n) is 2.66. The van der Waals surface area contributed by atoms with Crippen molar-refractivity contribution in [1.29, 1.82) is 0 Å². The van der Waals surface area contributed by atoms with Crippen molar-refractivity contribution in [2.75, 3.05) is 26.2 Å². The van der Waals surface area contributed by atoms with Gasteiger partial charge in [-0.3, -0.25) is 4.79 Å². The van der Waals surface area contributed by atoms with Gasteiger partial charge in [-0.15, -0.1) is 0 Å². The number of nitrogens with zero attached hydrogens (tertiary/aromatic N) is 1. The SMILES string of the molecule is O=C(NCCCN1CCCCCC1)c1cc(F)c(F)cc1Cl. The molecule has 0 aliphatic carbocycles. The van der Waals surface area contributed by atoms with E-state index in [4.69, 9.17) is 11.6 Å². The number of likely N-dealkylation sites (tertiary alicyclic amines) is 1. The number of hydrogen-bond donors (Lipinski definition) is 1. The maximum atomic E-state index is 13.2. The molecule has 0 radical (unpaired) electrons. The minimum Gasteiger partial charge on any atom is -0.352 e. The van der Waals surface area contributed by atoms with Crippen molar-refractivity contribution in [2.24, 2.45) is 0 Å². The maximum Gasteiger partial charge on any atom is 0.252 e. The molecule has 0 unspecified atom stereocenters. The summed E-state index contributed by atoms with van der Waals surface area (Å²) in [5, 5.41) is 2.62. The lowest BCUT2D eigenvalue weighted by atomic mass is 10.2. The zero-order valence-corrected chi connectivity index (χ0v) is 13.3. The summed E-state index contributed by atoms with van der Waals surface area (Å²) < 4.78 is 26.1. The van der Waals surface area contributed by atoms with Crippen LogP contribution in [0.3, 0.4) is 0 Å². The summed E-state index contributed by atoms with van der Waals surface area (Å²) in [6, 6.07) is 1.66. The number of carbonyl (C=O) groups excluding carboxylic acids is 1. The van der Waals surface area contributed by atoms with Crippen molar-refractivity contribution in [1.82, 2.24) is 10.2 Å². The zero-order chi connectivity index (χ0) is 15.9. The first-order valence-corrected chi connectivity index (χ1v) is 8.11. The molecule has 1 heterocycles. The summed E-state index contributed by atoms with van der Waals surface area (Å²) in [6.07, 6.45) is 5.88. The topological polar surface area (TPSA) is 32.3 Å². The Kier molecular flexibility index (Phi) is 6.58. The summed E-state index contributed by atoms with van der Waals surface area (Å²) in [7, 11) is 0. The van der Waals surface area contributed by atoms with Crippen molar-refractivity contribution in [3.05, 3.63) is 34.4 Å². The van der Waals surface area contributed by atoms with Gasteiger partial charge in [-0.05, 0) is 51.0 Å². The Bertz CT molecular complexity index is 517. The number of halogens is 3. The van der Waals surface area contributed by atoms with E-state index in [0.29, 0.717) is 6.54 Å². The van der Waals surface area contributed by atoms with Crippen molar-refractivity contribution in [2.45, 2.75) is 32.1 Å². The van der Waals surface area contributed by atoms with Gasteiger partial charge in [0.1, 0.15) is 0 Å². The predicted molar refractivity (Wildman–Crippen MR) is 83.2 cm³/mol. The summed E-state index contributed by atoms with van der Waals surface area (Å²) in [5.74, 6) is -2.60. The highest BCUT2D eigenvalue weighted by Crippen LogP contribution is 2.19. The Hall–Kier alpha value is -1.20. The smallest absolute Gasteiger partial charge is 0.252 e. The number of carbonyl (C=O) groups is 1. The number of benzene rings is 1. The van der Waals surface area contributed by atoms with E-state index in [1.54, 1.807) is 0 Å². The molecule has 0 spiro atoms. The third-order valence-corrected chi connectivity index (χ3v) is 4.20. The second kappa shape index (κ2) is 8.44. The molecule has 1 aromatic rings. The van der Waals surface area contributed by atoms with E-state index in [-0.39, 0.29) is 10.6 Å². The molecule has 0 saturated carbocycles. The molecule has 0 bridgehead atoms. The molecular weight excluding hydrogens is 310 g/mol. The Labute approximate surface area is 134 Å². The van der Waals surface area contributed by atoms with Gasteiger partial charge < -0.3 is 10.2 Å². The second-order valence-electron chi connectivity index (χ2n) is 5.61. The molecule has 1 amide bonds. The Morgan fingerprint density at radius 1 is 1.14 bits per heavy atom. The molecule has 1 aliphatic rings. The van der Waals surface area contributed by atoms with E-state index in [2.05, 4.69) is 10.2 Å². The van der Waals surface area contributed by atoms with Crippen LogP contribution in [0.2, 0.25) is 5.02 Å². The average molecular weight is 331 g/mol. The molecule has 1 aliphatic heterocycles. The molecular formula is C16H21ClF2N2O. The van der Waals surface area contributed by atoms with Crippen LogP contribution in [0.5, 0.6) is 0 Å². The molecule has 1 N–H and O–H groups in total. The van der Waals surface area contributed by atoms with Crippen molar-refractivity contribution < 1.29 is 13.6 Å². The summed E-state index contributed by atoms with van der Waals surface area (Å²) in [5.41, 5.74) is -0.0321. The molecule has 3 nitrogen and oxygen atoms in total. The molecule has 1 saturated heterocycles. The minimum atomic E-state index is -1.07. The third kappa shape index (κ3) is 4.92. The Morgan fingerprint density at radius 2 is 1.77 bits per heavy atom. The molecule has 1 aromatic carbocycles. The summed E-state index contributed by atoms with van der Waals surface area (Å²) in [4.78, 5) is 14.3.